The Balaban J connectivity index is 2.94. The van der Waals surface area contributed by atoms with Crippen molar-refractivity contribution in [3.8, 4) is 5.88 Å². The van der Waals surface area contributed by atoms with Crippen LogP contribution in [0.25, 0.3) is 0 Å². The lowest BCUT2D eigenvalue weighted by Crippen LogP contribution is -1.89. The third-order valence-electron chi connectivity index (χ3n) is 0.928. The average Bonchev–Trinajstić information content (AvgIpc) is 1.88. The smallest absolute Gasteiger partial charge is 0.216 e. The second-order valence-electron chi connectivity index (χ2n) is 1.65. The van der Waals surface area contributed by atoms with Crippen molar-refractivity contribution < 1.29 is 4.74 Å². The van der Waals surface area contributed by atoms with E-state index in [0.29, 0.717) is 5.88 Å². The van der Waals surface area contributed by atoms with Crippen LogP contribution in [0, 0.1) is 13.3 Å². The van der Waals surface area contributed by atoms with E-state index in [0.717, 1.165) is 5.69 Å². The fourth-order valence-electron chi connectivity index (χ4n) is 0.501. The Hall–Kier alpha value is -1.12. The van der Waals surface area contributed by atoms with Gasteiger partial charge < -0.3 is 4.74 Å². The Morgan fingerprint density at radius 3 is 2.78 bits per heavy atom. The SMILES string of the molecule is COc1cc(C)n[c]n1. The lowest BCUT2D eigenvalue weighted by Gasteiger charge is -1.95. The highest BCUT2D eigenvalue weighted by atomic mass is 16.5. The van der Waals surface area contributed by atoms with Gasteiger partial charge in [-0.25, -0.2) is 4.98 Å². The molecule has 0 unspecified atom stereocenters. The molecular formula is C6H7N2O. The fourth-order valence-corrected chi connectivity index (χ4v) is 0.501. The summed E-state index contributed by atoms with van der Waals surface area (Å²) in [5, 5.41) is 0. The minimum Gasteiger partial charge on any atom is -0.481 e. The second-order valence-corrected chi connectivity index (χ2v) is 1.65. The van der Waals surface area contributed by atoms with Crippen LogP contribution in [0.4, 0.5) is 0 Å². The predicted octanol–water partition coefficient (Wildman–Crippen LogP) is 0.594. The van der Waals surface area contributed by atoms with Crippen LogP contribution in [0.15, 0.2) is 6.07 Å². The highest BCUT2D eigenvalue weighted by Crippen LogP contribution is 2.02. The number of methoxy groups -OCH3 is 1. The molecule has 1 radical (unpaired) electrons. The quantitative estimate of drug-likeness (QED) is 0.548. The van der Waals surface area contributed by atoms with Crippen LogP contribution in [0.1, 0.15) is 5.69 Å². The highest BCUT2D eigenvalue weighted by molar-refractivity contribution is 5.10. The van der Waals surface area contributed by atoms with E-state index >= 15 is 0 Å². The number of hydrogen-bond donors (Lipinski definition) is 0. The van der Waals surface area contributed by atoms with Crippen molar-refractivity contribution in [3.05, 3.63) is 18.1 Å². The molecule has 0 aliphatic rings. The summed E-state index contributed by atoms with van der Waals surface area (Å²) in [7, 11) is 1.57. The van der Waals surface area contributed by atoms with E-state index in [1.807, 2.05) is 6.92 Å². The third kappa shape index (κ3) is 1.38. The number of aromatic nitrogens is 2. The molecule has 0 bridgehead atoms. The molecular weight excluding hydrogens is 116 g/mol. The number of aryl methyl sites for hydroxylation is 1. The molecule has 0 amide bonds. The molecule has 1 heterocycles. The number of rotatable bonds is 1. The topological polar surface area (TPSA) is 35.0 Å². The summed E-state index contributed by atoms with van der Waals surface area (Å²) < 4.78 is 4.81. The van der Waals surface area contributed by atoms with Crippen LogP contribution < -0.4 is 4.74 Å². The summed E-state index contributed by atoms with van der Waals surface area (Å²) in [6.45, 7) is 1.86. The number of hydrogen-bond acceptors (Lipinski definition) is 3. The molecule has 3 heteroatoms. The number of ether oxygens (including phenoxy) is 1. The standard InChI is InChI=1S/C6H7N2O/c1-5-3-6(9-2)8-4-7-5/h3H,1-2H3. The first-order chi connectivity index (χ1) is 4.33. The van der Waals surface area contributed by atoms with Crippen LogP contribution in [0.5, 0.6) is 5.88 Å². The summed E-state index contributed by atoms with van der Waals surface area (Å²) in [5.41, 5.74) is 0.863. The largest absolute Gasteiger partial charge is 0.481 e. The zero-order valence-corrected chi connectivity index (χ0v) is 5.38. The monoisotopic (exact) mass is 123 g/mol. The Morgan fingerprint density at radius 2 is 2.33 bits per heavy atom. The van der Waals surface area contributed by atoms with E-state index in [-0.39, 0.29) is 0 Å². The van der Waals surface area contributed by atoms with Gasteiger partial charge in [0.1, 0.15) is 0 Å². The third-order valence-corrected chi connectivity index (χ3v) is 0.928. The average molecular weight is 123 g/mol. The van der Waals surface area contributed by atoms with Gasteiger partial charge in [-0.15, -0.1) is 0 Å². The maximum absolute atomic E-state index is 4.81. The van der Waals surface area contributed by atoms with Crippen LogP contribution in [0.3, 0.4) is 0 Å². The minimum absolute atomic E-state index is 0.558. The van der Waals surface area contributed by atoms with Crippen molar-refractivity contribution in [1.82, 2.24) is 9.97 Å². The van der Waals surface area contributed by atoms with Crippen molar-refractivity contribution in [1.29, 1.82) is 0 Å². The van der Waals surface area contributed by atoms with Crippen molar-refractivity contribution in [2.75, 3.05) is 7.11 Å². The molecule has 0 aliphatic heterocycles. The maximum atomic E-state index is 4.81. The summed E-state index contributed by atoms with van der Waals surface area (Å²) in [4.78, 5) is 7.47. The van der Waals surface area contributed by atoms with E-state index in [9.17, 15) is 0 Å². The van der Waals surface area contributed by atoms with Crippen LogP contribution in [0.2, 0.25) is 0 Å². The van der Waals surface area contributed by atoms with E-state index in [4.69, 9.17) is 4.74 Å². The van der Waals surface area contributed by atoms with Crippen molar-refractivity contribution in [2.24, 2.45) is 0 Å². The minimum atomic E-state index is 0.558. The molecule has 0 saturated carbocycles. The molecule has 47 valence electrons. The van der Waals surface area contributed by atoms with Crippen molar-refractivity contribution in [2.45, 2.75) is 6.92 Å². The summed E-state index contributed by atoms with van der Waals surface area (Å²) in [6, 6.07) is 1.75. The van der Waals surface area contributed by atoms with Gasteiger partial charge >= 0.3 is 0 Å². The molecule has 3 nitrogen and oxygen atoms in total. The first kappa shape index (κ1) is 6.01. The molecule has 9 heavy (non-hydrogen) atoms. The van der Waals surface area contributed by atoms with Gasteiger partial charge in [-0.2, -0.15) is 4.98 Å². The van der Waals surface area contributed by atoms with Crippen LogP contribution in [-0.4, -0.2) is 17.1 Å². The Kier molecular flexibility index (Phi) is 1.63. The summed E-state index contributed by atoms with van der Waals surface area (Å²) >= 11 is 0. The van der Waals surface area contributed by atoms with Gasteiger partial charge in [0, 0.05) is 11.8 Å². The predicted molar refractivity (Wildman–Crippen MR) is 32.2 cm³/mol. The normalized spacial score (nSPS) is 9.11. The van der Waals surface area contributed by atoms with Gasteiger partial charge in [0.15, 0.2) is 0 Å². The van der Waals surface area contributed by atoms with Crippen molar-refractivity contribution >= 4 is 0 Å². The molecule has 0 atom stereocenters. The van der Waals surface area contributed by atoms with E-state index in [1.165, 1.54) is 0 Å². The molecule has 0 spiro atoms. The Labute approximate surface area is 53.7 Å². The van der Waals surface area contributed by atoms with Gasteiger partial charge in [-0.1, -0.05) is 0 Å². The van der Waals surface area contributed by atoms with Crippen LogP contribution in [-0.2, 0) is 0 Å². The molecule has 0 aromatic carbocycles. The van der Waals surface area contributed by atoms with E-state index < -0.39 is 0 Å². The summed E-state index contributed by atoms with van der Waals surface area (Å²) in [5.74, 6) is 0.558. The molecule has 0 N–H and O–H groups in total. The lowest BCUT2D eigenvalue weighted by molar-refractivity contribution is 0.396. The zero-order valence-electron chi connectivity index (χ0n) is 5.38. The van der Waals surface area contributed by atoms with Crippen LogP contribution >= 0.6 is 0 Å². The Morgan fingerprint density at radius 1 is 1.56 bits per heavy atom. The van der Waals surface area contributed by atoms with E-state index in [1.54, 1.807) is 13.2 Å². The number of nitrogens with zero attached hydrogens (tertiary/aromatic N) is 2. The molecule has 0 saturated heterocycles. The lowest BCUT2D eigenvalue weighted by atomic mass is 10.4. The first-order valence-electron chi connectivity index (χ1n) is 2.58. The maximum Gasteiger partial charge on any atom is 0.216 e. The van der Waals surface area contributed by atoms with Gasteiger partial charge in [-0.3, -0.25) is 0 Å². The molecule has 1 aromatic rings. The first-order valence-corrected chi connectivity index (χ1v) is 2.58. The van der Waals surface area contributed by atoms with Gasteiger partial charge in [-0.05, 0) is 6.92 Å². The van der Waals surface area contributed by atoms with Gasteiger partial charge in [0.05, 0.1) is 7.11 Å². The van der Waals surface area contributed by atoms with Gasteiger partial charge in [0.2, 0.25) is 12.2 Å². The zero-order chi connectivity index (χ0) is 6.69. The molecule has 0 fully saturated rings. The van der Waals surface area contributed by atoms with Gasteiger partial charge in [0.25, 0.3) is 0 Å². The van der Waals surface area contributed by atoms with E-state index in [2.05, 4.69) is 16.3 Å². The summed E-state index contributed by atoms with van der Waals surface area (Å²) in [6.07, 6.45) is 2.46. The Bertz CT molecular complexity index is 200. The molecule has 1 rings (SSSR count). The fraction of sp³-hybridized carbons (Fsp3) is 0.333. The molecule has 0 aliphatic carbocycles. The van der Waals surface area contributed by atoms with Crippen molar-refractivity contribution in [3.63, 3.8) is 0 Å². The molecule has 1 aromatic heterocycles. The highest BCUT2D eigenvalue weighted by Gasteiger charge is 1.90. The second kappa shape index (κ2) is 2.44.